The van der Waals surface area contributed by atoms with Gasteiger partial charge in [0.25, 0.3) is 0 Å². The van der Waals surface area contributed by atoms with E-state index in [-0.39, 0.29) is 13.2 Å². The van der Waals surface area contributed by atoms with Crippen LogP contribution in [0.2, 0.25) is 0 Å². The predicted octanol–water partition coefficient (Wildman–Crippen LogP) is 2.51. The van der Waals surface area contributed by atoms with Crippen LogP contribution in [-0.4, -0.2) is 29.0 Å². The third-order valence-corrected chi connectivity index (χ3v) is 3.33. The van der Waals surface area contributed by atoms with Crippen molar-refractivity contribution in [2.75, 3.05) is 13.2 Å². The van der Waals surface area contributed by atoms with Crippen molar-refractivity contribution >= 4 is 0 Å². The fourth-order valence-corrected chi connectivity index (χ4v) is 1.78. The van der Waals surface area contributed by atoms with Gasteiger partial charge in [0.1, 0.15) is 6.61 Å². The lowest BCUT2D eigenvalue weighted by Crippen LogP contribution is -2.34. The molecule has 2 N–H and O–H groups in total. The molecule has 0 aliphatic carbocycles. The van der Waals surface area contributed by atoms with E-state index < -0.39 is 5.60 Å². The SMILES string of the molecule is CCOc1cccc(CO)c1OCC(O)(CC)CC. The summed E-state index contributed by atoms with van der Waals surface area (Å²) >= 11 is 0. The number of hydrogen-bond donors (Lipinski definition) is 2. The second-order valence-corrected chi connectivity index (χ2v) is 4.56. The molecule has 0 fully saturated rings. The molecule has 108 valence electrons. The summed E-state index contributed by atoms with van der Waals surface area (Å²) in [5, 5.41) is 19.6. The monoisotopic (exact) mass is 268 g/mol. The first kappa shape index (κ1) is 15.8. The average Bonchev–Trinajstić information content (AvgIpc) is 2.45. The summed E-state index contributed by atoms with van der Waals surface area (Å²) in [6.45, 7) is 6.34. The Labute approximate surface area is 115 Å². The summed E-state index contributed by atoms with van der Waals surface area (Å²) < 4.78 is 11.2. The summed E-state index contributed by atoms with van der Waals surface area (Å²) in [5.41, 5.74) is -0.174. The summed E-state index contributed by atoms with van der Waals surface area (Å²) in [7, 11) is 0. The molecule has 19 heavy (non-hydrogen) atoms. The van der Waals surface area contributed by atoms with E-state index in [1.165, 1.54) is 0 Å². The molecule has 1 aromatic carbocycles. The quantitative estimate of drug-likeness (QED) is 0.760. The van der Waals surface area contributed by atoms with E-state index >= 15 is 0 Å². The molecule has 0 atom stereocenters. The zero-order valence-corrected chi connectivity index (χ0v) is 12.0. The van der Waals surface area contributed by atoms with Crippen molar-refractivity contribution in [2.45, 2.75) is 45.8 Å². The number of hydrogen-bond acceptors (Lipinski definition) is 4. The maximum absolute atomic E-state index is 10.2. The first-order valence-corrected chi connectivity index (χ1v) is 6.80. The molecule has 0 amide bonds. The Kier molecular flexibility index (Phi) is 6.12. The normalized spacial score (nSPS) is 11.4. The van der Waals surface area contributed by atoms with Gasteiger partial charge in [0.05, 0.1) is 18.8 Å². The van der Waals surface area contributed by atoms with Crippen LogP contribution in [0, 0.1) is 0 Å². The molecular weight excluding hydrogens is 244 g/mol. The molecule has 0 bridgehead atoms. The molecule has 0 spiro atoms. The molecular formula is C15H24O4. The topological polar surface area (TPSA) is 58.9 Å². The largest absolute Gasteiger partial charge is 0.490 e. The second-order valence-electron chi connectivity index (χ2n) is 4.56. The van der Waals surface area contributed by atoms with Gasteiger partial charge in [0, 0.05) is 5.56 Å². The minimum atomic E-state index is -0.841. The highest BCUT2D eigenvalue weighted by molar-refractivity contribution is 5.46. The molecule has 0 unspecified atom stereocenters. The maximum atomic E-state index is 10.2. The van der Waals surface area contributed by atoms with Gasteiger partial charge in [0.2, 0.25) is 0 Å². The van der Waals surface area contributed by atoms with Crippen LogP contribution < -0.4 is 9.47 Å². The lowest BCUT2D eigenvalue weighted by molar-refractivity contribution is -0.0126. The van der Waals surface area contributed by atoms with Gasteiger partial charge < -0.3 is 19.7 Å². The van der Waals surface area contributed by atoms with Gasteiger partial charge in [-0.2, -0.15) is 0 Å². The molecule has 1 aromatic rings. The Balaban J connectivity index is 2.91. The zero-order chi connectivity index (χ0) is 14.3. The van der Waals surface area contributed by atoms with Crippen molar-refractivity contribution in [3.63, 3.8) is 0 Å². The standard InChI is InChI=1S/C15H24O4/c1-4-15(17,5-2)11-19-14-12(10-16)8-7-9-13(14)18-6-3/h7-9,16-17H,4-6,10-11H2,1-3H3. The summed E-state index contributed by atoms with van der Waals surface area (Å²) in [6, 6.07) is 5.40. The molecule has 0 saturated carbocycles. The fourth-order valence-electron chi connectivity index (χ4n) is 1.78. The lowest BCUT2D eigenvalue weighted by atomic mass is 9.99. The number of ether oxygens (including phenoxy) is 2. The molecule has 4 heteroatoms. The van der Waals surface area contributed by atoms with Crippen LogP contribution in [0.4, 0.5) is 0 Å². The Hall–Kier alpha value is -1.26. The minimum Gasteiger partial charge on any atom is -0.490 e. The molecule has 0 aliphatic heterocycles. The van der Waals surface area contributed by atoms with E-state index in [2.05, 4.69) is 0 Å². The van der Waals surface area contributed by atoms with Crippen LogP contribution in [0.3, 0.4) is 0 Å². The van der Waals surface area contributed by atoms with Crippen molar-refractivity contribution in [2.24, 2.45) is 0 Å². The van der Waals surface area contributed by atoms with Crippen LogP contribution in [0.25, 0.3) is 0 Å². The molecule has 0 aromatic heterocycles. The van der Waals surface area contributed by atoms with Crippen LogP contribution in [0.15, 0.2) is 18.2 Å². The van der Waals surface area contributed by atoms with Crippen molar-refractivity contribution in [1.82, 2.24) is 0 Å². The average molecular weight is 268 g/mol. The predicted molar refractivity (Wildman–Crippen MR) is 74.6 cm³/mol. The number of para-hydroxylation sites is 1. The van der Waals surface area contributed by atoms with E-state index in [4.69, 9.17) is 9.47 Å². The highest BCUT2D eigenvalue weighted by atomic mass is 16.5. The third-order valence-electron chi connectivity index (χ3n) is 3.33. The van der Waals surface area contributed by atoms with Crippen molar-refractivity contribution in [1.29, 1.82) is 0 Å². The van der Waals surface area contributed by atoms with Crippen LogP contribution in [-0.2, 0) is 6.61 Å². The Morgan fingerprint density at radius 3 is 2.32 bits per heavy atom. The van der Waals surface area contributed by atoms with Crippen molar-refractivity contribution in [3.8, 4) is 11.5 Å². The van der Waals surface area contributed by atoms with Gasteiger partial charge in [-0.3, -0.25) is 0 Å². The van der Waals surface area contributed by atoms with Crippen molar-refractivity contribution < 1.29 is 19.7 Å². The van der Waals surface area contributed by atoms with E-state index in [1.54, 1.807) is 12.1 Å². The first-order valence-electron chi connectivity index (χ1n) is 6.80. The Morgan fingerprint density at radius 1 is 1.11 bits per heavy atom. The molecule has 4 nitrogen and oxygen atoms in total. The fraction of sp³-hybridized carbons (Fsp3) is 0.600. The number of benzene rings is 1. The Morgan fingerprint density at radius 2 is 1.79 bits per heavy atom. The van der Waals surface area contributed by atoms with Gasteiger partial charge >= 0.3 is 0 Å². The first-order chi connectivity index (χ1) is 9.10. The van der Waals surface area contributed by atoms with Gasteiger partial charge in [-0.25, -0.2) is 0 Å². The van der Waals surface area contributed by atoms with Crippen LogP contribution in [0.5, 0.6) is 11.5 Å². The third kappa shape index (κ3) is 4.11. The van der Waals surface area contributed by atoms with Gasteiger partial charge in [-0.15, -0.1) is 0 Å². The number of aliphatic hydroxyl groups excluding tert-OH is 1. The molecule has 0 aliphatic rings. The molecule has 0 saturated heterocycles. The van der Waals surface area contributed by atoms with E-state index in [0.717, 1.165) is 0 Å². The van der Waals surface area contributed by atoms with Crippen molar-refractivity contribution in [3.05, 3.63) is 23.8 Å². The van der Waals surface area contributed by atoms with E-state index in [0.29, 0.717) is 36.5 Å². The maximum Gasteiger partial charge on any atom is 0.166 e. The van der Waals surface area contributed by atoms with E-state index in [9.17, 15) is 10.2 Å². The van der Waals surface area contributed by atoms with Gasteiger partial charge in [-0.05, 0) is 25.8 Å². The molecule has 1 rings (SSSR count). The van der Waals surface area contributed by atoms with Crippen LogP contribution in [0.1, 0.15) is 39.2 Å². The Bertz CT molecular complexity index is 386. The molecule has 0 radical (unpaired) electrons. The van der Waals surface area contributed by atoms with E-state index in [1.807, 2.05) is 26.8 Å². The smallest absolute Gasteiger partial charge is 0.166 e. The summed E-state index contributed by atoms with van der Waals surface area (Å²) in [6.07, 6.45) is 1.24. The lowest BCUT2D eigenvalue weighted by Gasteiger charge is -2.26. The summed E-state index contributed by atoms with van der Waals surface area (Å²) in [5.74, 6) is 1.12. The highest BCUT2D eigenvalue weighted by Crippen LogP contribution is 2.32. The second kappa shape index (κ2) is 7.36. The number of aliphatic hydroxyl groups is 2. The van der Waals surface area contributed by atoms with Gasteiger partial charge in [0.15, 0.2) is 11.5 Å². The van der Waals surface area contributed by atoms with Gasteiger partial charge in [-0.1, -0.05) is 26.0 Å². The summed E-state index contributed by atoms with van der Waals surface area (Å²) in [4.78, 5) is 0. The zero-order valence-electron chi connectivity index (χ0n) is 12.0. The highest BCUT2D eigenvalue weighted by Gasteiger charge is 2.24. The van der Waals surface area contributed by atoms with Crippen LogP contribution >= 0.6 is 0 Å². The minimum absolute atomic E-state index is 0.118. The molecule has 0 heterocycles. The number of rotatable bonds is 8.